The molecule has 238 valence electrons. The van der Waals surface area contributed by atoms with Crippen molar-refractivity contribution in [1.29, 1.82) is 0 Å². The zero-order valence-corrected chi connectivity index (χ0v) is 25.6. The predicted octanol–water partition coefficient (Wildman–Crippen LogP) is 5.81. The Morgan fingerprint density at radius 3 is 2.41 bits per heavy atom. The number of rotatable bonds is 12. The fourth-order valence-corrected chi connectivity index (χ4v) is 6.92. The smallest absolute Gasteiger partial charge is 0.414 e. The molecule has 0 unspecified atom stereocenters. The number of fused-ring (bicyclic) bond motifs is 3. The first-order valence-corrected chi connectivity index (χ1v) is 16.5. The molecule has 1 saturated carbocycles. The van der Waals surface area contributed by atoms with Gasteiger partial charge in [0, 0.05) is 18.7 Å². The SMILES string of the molecule is O=C(OCCCC1OCCO1)C1CCC(COc2cccc(CN(C(=O)O[C@H]3CN4CCC3CC4)c3ccccc3)c2)CC1. The molecule has 5 aliphatic rings. The summed E-state index contributed by atoms with van der Waals surface area (Å²) in [6.45, 7) is 5.76. The van der Waals surface area contributed by atoms with E-state index in [9.17, 15) is 9.59 Å². The van der Waals surface area contributed by atoms with E-state index in [1.54, 1.807) is 4.90 Å². The van der Waals surface area contributed by atoms with Crippen LogP contribution in [-0.4, -0.2) is 75.4 Å². The Morgan fingerprint density at radius 2 is 1.68 bits per heavy atom. The second-order valence-corrected chi connectivity index (χ2v) is 12.6. The van der Waals surface area contributed by atoms with Crippen molar-refractivity contribution in [3.8, 4) is 5.75 Å². The van der Waals surface area contributed by atoms with Gasteiger partial charge in [-0.1, -0.05) is 30.3 Å². The summed E-state index contributed by atoms with van der Waals surface area (Å²) in [4.78, 5) is 30.2. The average Bonchev–Trinajstić information content (AvgIpc) is 3.60. The lowest BCUT2D eigenvalue weighted by Crippen LogP contribution is -2.53. The highest BCUT2D eigenvalue weighted by atomic mass is 16.7. The van der Waals surface area contributed by atoms with Crippen molar-refractivity contribution in [2.75, 3.05) is 51.0 Å². The van der Waals surface area contributed by atoms with Gasteiger partial charge in [-0.15, -0.1) is 0 Å². The average molecular weight is 607 g/mol. The molecule has 0 spiro atoms. The molecule has 2 aromatic carbocycles. The Labute approximate surface area is 260 Å². The van der Waals surface area contributed by atoms with Gasteiger partial charge in [0.15, 0.2) is 6.29 Å². The van der Waals surface area contributed by atoms with E-state index in [0.717, 1.165) is 88.0 Å². The maximum atomic E-state index is 13.5. The van der Waals surface area contributed by atoms with E-state index in [-0.39, 0.29) is 30.4 Å². The second kappa shape index (κ2) is 15.2. The van der Waals surface area contributed by atoms with Gasteiger partial charge in [-0.2, -0.15) is 0 Å². The molecule has 9 nitrogen and oxygen atoms in total. The van der Waals surface area contributed by atoms with Gasteiger partial charge in [0.25, 0.3) is 0 Å². The fourth-order valence-electron chi connectivity index (χ4n) is 6.92. The molecule has 1 amide bonds. The summed E-state index contributed by atoms with van der Waals surface area (Å²) < 4.78 is 28.7. The van der Waals surface area contributed by atoms with E-state index in [2.05, 4.69) is 4.90 Å². The minimum absolute atomic E-state index is 0.0294. The number of para-hydroxylation sites is 1. The number of hydrogen-bond acceptors (Lipinski definition) is 8. The van der Waals surface area contributed by atoms with Crippen molar-refractivity contribution in [3.05, 3.63) is 60.2 Å². The summed E-state index contributed by atoms with van der Waals surface area (Å²) in [5, 5.41) is 0. The third-order valence-corrected chi connectivity index (χ3v) is 9.56. The molecule has 5 fully saturated rings. The van der Waals surface area contributed by atoms with E-state index in [4.69, 9.17) is 23.7 Å². The summed E-state index contributed by atoms with van der Waals surface area (Å²) in [6.07, 6.45) is 6.75. The third-order valence-electron chi connectivity index (χ3n) is 9.56. The van der Waals surface area contributed by atoms with Gasteiger partial charge < -0.3 is 23.7 Å². The fraction of sp³-hybridized carbons (Fsp3) is 0.600. The number of benzene rings is 2. The van der Waals surface area contributed by atoms with Crippen LogP contribution in [-0.2, 0) is 30.3 Å². The van der Waals surface area contributed by atoms with E-state index >= 15 is 0 Å². The predicted molar refractivity (Wildman–Crippen MR) is 165 cm³/mol. The highest BCUT2D eigenvalue weighted by molar-refractivity contribution is 5.87. The zero-order valence-electron chi connectivity index (χ0n) is 25.6. The van der Waals surface area contributed by atoms with E-state index in [1.807, 2.05) is 54.6 Å². The Balaban J connectivity index is 0.966. The molecule has 1 atom stereocenters. The maximum absolute atomic E-state index is 13.5. The standard InChI is InChI=1S/C35H46N2O7/c38-34(42-19-5-10-33-40-20-21-41-33)29-13-11-26(12-14-29)25-43-31-9-4-6-27(22-31)23-37(30-7-2-1-3-8-30)35(39)44-32-24-36-17-15-28(32)16-18-36/h1-4,6-9,22,26,28-29,32-33H,5,10-21,23-25H2/t26?,29?,32-/m0/s1. The van der Waals surface area contributed by atoms with Gasteiger partial charge in [-0.05, 0) is 99.7 Å². The van der Waals surface area contributed by atoms with Gasteiger partial charge in [0.1, 0.15) is 11.9 Å². The molecule has 4 heterocycles. The first-order chi connectivity index (χ1) is 21.6. The van der Waals surface area contributed by atoms with Crippen molar-refractivity contribution in [2.24, 2.45) is 17.8 Å². The van der Waals surface area contributed by atoms with Gasteiger partial charge in [-0.25, -0.2) is 4.79 Å². The van der Waals surface area contributed by atoms with Crippen molar-refractivity contribution in [3.63, 3.8) is 0 Å². The number of anilines is 1. The van der Waals surface area contributed by atoms with Crippen molar-refractivity contribution >= 4 is 17.7 Å². The Kier molecular flexibility index (Phi) is 10.7. The Bertz CT molecular complexity index is 1200. The quantitative estimate of drug-likeness (QED) is 0.221. The molecule has 0 N–H and O–H groups in total. The molecule has 1 aliphatic carbocycles. The van der Waals surface area contributed by atoms with Crippen LogP contribution in [0.4, 0.5) is 10.5 Å². The molecule has 44 heavy (non-hydrogen) atoms. The van der Waals surface area contributed by atoms with Gasteiger partial charge in [-0.3, -0.25) is 14.6 Å². The minimum Gasteiger partial charge on any atom is -0.493 e. The Morgan fingerprint density at radius 1 is 0.909 bits per heavy atom. The highest BCUT2D eigenvalue weighted by Gasteiger charge is 2.37. The summed E-state index contributed by atoms with van der Waals surface area (Å²) in [7, 11) is 0. The monoisotopic (exact) mass is 606 g/mol. The number of carbonyl (C=O) groups is 2. The molecule has 2 aromatic rings. The normalized spacial score (nSPS) is 26.7. The van der Waals surface area contributed by atoms with Crippen LogP contribution in [0.2, 0.25) is 0 Å². The molecule has 2 bridgehead atoms. The highest BCUT2D eigenvalue weighted by Crippen LogP contribution is 2.32. The molecule has 7 rings (SSSR count). The van der Waals surface area contributed by atoms with Crippen LogP contribution in [0.3, 0.4) is 0 Å². The largest absolute Gasteiger partial charge is 0.493 e. The number of piperidine rings is 3. The Hall–Kier alpha value is -3.14. The number of nitrogens with zero attached hydrogens (tertiary/aromatic N) is 2. The first kappa shape index (κ1) is 30.9. The van der Waals surface area contributed by atoms with Crippen molar-refractivity contribution in [1.82, 2.24) is 4.90 Å². The van der Waals surface area contributed by atoms with Crippen molar-refractivity contribution < 1.29 is 33.3 Å². The number of esters is 1. The summed E-state index contributed by atoms with van der Waals surface area (Å²) in [6, 6.07) is 17.7. The minimum atomic E-state index is -0.298. The summed E-state index contributed by atoms with van der Waals surface area (Å²) in [5.41, 5.74) is 1.80. The lowest BCUT2D eigenvalue weighted by atomic mass is 9.82. The summed E-state index contributed by atoms with van der Waals surface area (Å²) >= 11 is 0. The first-order valence-electron chi connectivity index (χ1n) is 16.5. The topological polar surface area (TPSA) is 86.8 Å². The van der Waals surface area contributed by atoms with Crippen LogP contribution < -0.4 is 9.64 Å². The molecule has 4 aliphatic heterocycles. The van der Waals surface area contributed by atoms with Crippen LogP contribution in [0, 0.1) is 17.8 Å². The van der Waals surface area contributed by atoms with Crippen LogP contribution in [0.25, 0.3) is 0 Å². The third kappa shape index (κ3) is 8.31. The van der Waals surface area contributed by atoms with E-state index in [0.29, 0.717) is 44.8 Å². The molecule has 0 radical (unpaired) electrons. The van der Waals surface area contributed by atoms with Gasteiger partial charge in [0.05, 0.1) is 38.9 Å². The van der Waals surface area contributed by atoms with Crippen LogP contribution in [0.5, 0.6) is 5.75 Å². The molecular weight excluding hydrogens is 560 g/mol. The van der Waals surface area contributed by atoms with Crippen molar-refractivity contribution in [2.45, 2.75) is 70.3 Å². The molecule has 9 heteroatoms. The van der Waals surface area contributed by atoms with Gasteiger partial charge >= 0.3 is 12.1 Å². The molecule has 0 aromatic heterocycles. The number of ether oxygens (including phenoxy) is 5. The number of carbonyl (C=O) groups excluding carboxylic acids is 2. The maximum Gasteiger partial charge on any atom is 0.414 e. The summed E-state index contributed by atoms with van der Waals surface area (Å²) in [5.74, 6) is 1.53. The molecule has 4 saturated heterocycles. The second-order valence-electron chi connectivity index (χ2n) is 12.6. The zero-order chi connectivity index (χ0) is 30.1. The lowest BCUT2D eigenvalue weighted by Gasteiger charge is -2.44. The van der Waals surface area contributed by atoms with E-state index in [1.165, 1.54) is 0 Å². The van der Waals surface area contributed by atoms with Crippen LogP contribution in [0.1, 0.15) is 56.9 Å². The number of amides is 1. The van der Waals surface area contributed by atoms with E-state index < -0.39 is 0 Å². The lowest BCUT2D eigenvalue weighted by molar-refractivity contribution is -0.150. The van der Waals surface area contributed by atoms with Crippen LogP contribution >= 0.6 is 0 Å². The van der Waals surface area contributed by atoms with Gasteiger partial charge in [0.2, 0.25) is 0 Å². The molecular formula is C35H46N2O7. The van der Waals surface area contributed by atoms with Crippen LogP contribution in [0.15, 0.2) is 54.6 Å². The number of hydrogen-bond donors (Lipinski definition) is 0.